The van der Waals surface area contributed by atoms with E-state index >= 15 is 0 Å². The quantitative estimate of drug-likeness (QED) is 0.737. The monoisotopic (exact) mass is 344 g/mol. The molecule has 0 radical (unpaired) electrons. The van der Waals surface area contributed by atoms with Crippen LogP contribution in [0.25, 0.3) is 0 Å². The van der Waals surface area contributed by atoms with Crippen molar-refractivity contribution in [3.05, 3.63) is 24.3 Å². The first-order valence-electron chi connectivity index (χ1n) is 9.30. The summed E-state index contributed by atoms with van der Waals surface area (Å²) in [4.78, 5) is 26.7. The zero-order valence-electron chi connectivity index (χ0n) is 14.9. The van der Waals surface area contributed by atoms with E-state index in [2.05, 4.69) is 26.9 Å². The highest BCUT2D eigenvalue weighted by molar-refractivity contribution is 5.92. The van der Waals surface area contributed by atoms with Crippen LogP contribution in [0.3, 0.4) is 0 Å². The highest BCUT2D eigenvalue weighted by atomic mass is 16.2. The number of nitrogens with one attached hydrogen (secondary N) is 3. The molecule has 1 aromatic rings. The van der Waals surface area contributed by atoms with Crippen LogP contribution in [0.1, 0.15) is 39.0 Å². The van der Waals surface area contributed by atoms with Crippen LogP contribution < -0.4 is 20.9 Å². The zero-order chi connectivity index (χ0) is 17.6. The lowest BCUT2D eigenvalue weighted by atomic mass is 10.1. The Hall–Kier alpha value is -2.08. The van der Waals surface area contributed by atoms with Gasteiger partial charge in [-0.15, -0.1) is 0 Å². The fraction of sp³-hybridized carbons (Fsp3) is 0.579. The van der Waals surface area contributed by atoms with Crippen LogP contribution >= 0.6 is 0 Å². The van der Waals surface area contributed by atoms with Gasteiger partial charge in [-0.05, 0) is 57.4 Å². The van der Waals surface area contributed by atoms with E-state index in [9.17, 15) is 9.59 Å². The van der Waals surface area contributed by atoms with Crippen LogP contribution in [0.2, 0.25) is 0 Å². The third kappa shape index (κ3) is 4.95. The largest absolute Gasteiger partial charge is 0.371 e. The lowest BCUT2D eigenvalue weighted by Gasteiger charge is -2.19. The average Bonchev–Trinajstić information content (AvgIpc) is 3.28. The van der Waals surface area contributed by atoms with Crippen LogP contribution in [0.15, 0.2) is 24.3 Å². The topological polar surface area (TPSA) is 73.5 Å². The molecule has 6 heteroatoms. The molecule has 3 rings (SSSR count). The highest BCUT2D eigenvalue weighted by Crippen LogP contribution is 2.23. The van der Waals surface area contributed by atoms with E-state index in [0.29, 0.717) is 0 Å². The van der Waals surface area contributed by atoms with Gasteiger partial charge in [-0.1, -0.05) is 6.07 Å². The third-order valence-corrected chi connectivity index (χ3v) is 4.86. The number of amides is 2. The van der Waals surface area contributed by atoms with E-state index in [0.717, 1.165) is 43.9 Å². The number of carbonyl (C=O) groups is 2. The molecule has 2 unspecified atom stereocenters. The van der Waals surface area contributed by atoms with Crippen molar-refractivity contribution in [2.45, 2.75) is 51.1 Å². The molecule has 2 amide bonds. The van der Waals surface area contributed by atoms with Gasteiger partial charge < -0.3 is 20.9 Å². The number of nitrogens with zero attached hydrogens (tertiary/aromatic N) is 1. The van der Waals surface area contributed by atoms with Gasteiger partial charge in [0, 0.05) is 36.9 Å². The Bertz CT molecular complexity index is 607. The normalized spacial score (nSPS) is 21.2. The zero-order valence-corrected chi connectivity index (χ0v) is 14.9. The van der Waals surface area contributed by atoms with Gasteiger partial charge in [0.25, 0.3) is 0 Å². The molecule has 0 aliphatic carbocycles. The molecule has 2 atom stereocenters. The van der Waals surface area contributed by atoms with Crippen molar-refractivity contribution in [1.82, 2.24) is 10.6 Å². The first-order valence-corrected chi connectivity index (χ1v) is 9.30. The molecule has 0 aromatic heterocycles. The maximum Gasteiger partial charge on any atom is 0.237 e. The Labute approximate surface area is 149 Å². The molecule has 2 heterocycles. The summed E-state index contributed by atoms with van der Waals surface area (Å²) in [5.41, 5.74) is 1.97. The van der Waals surface area contributed by atoms with Gasteiger partial charge in [0.15, 0.2) is 0 Å². The molecule has 2 saturated heterocycles. The Morgan fingerprint density at radius 3 is 2.80 bits per heavy atom. The minimum Gasteiger partial charge on any atom is -0.371 e. The highest BCUT2D eigenvalue weighted by Gasteiger charge is 2.23. The maximum atomic E-state index is 12.3. The second-order valence-corrected chi connectivity index (χ2v) is 7.06. The molecule has 0 bridgehead atoms. The summed E-state index contributed by atoms with van der Waals surface area (Å²) < 4.78 is 0. The molecule has 0 saturated carbocycles. The van der Waals surface area contributed by atoms with E-state index < -0.39 is 0 Å². The van der Waals surface area contributed by atoms with Gasteiger partial charge >= 0.3 is 0 Å². The third-order valence-electron chi connectivity index (χ3n) is 4.86. The molecule has 6 nitrogen and oxygen atoms in total. The first-order chi connectivity index (χ1) is 12.1. The van der Waals surface area contributed by atoms with Crippen molar-refractivity contribution in [2.24, 2.45) is 0 Å². The van der Waals surface area contributed by atoms with E-state index in [-0.39, 0.29) is 30.3 Å². The predicted octanol–water partition coefficient (Wildman–Crippen LogP) is 1.87. The van der Waals surface area contributed by atoms with Gasteiger partial charge in [0.05, 0.1) is 6.04 Å². The van der Waals surface area contributed by atoms with Crippen LogP contribution in [0.5, 0.6) is 0 Å². The molecule has 25 heavy (non-hydrogen) atoms. The summed E-state index contributed by atoms with van der Waals surface area (Å²) in [6.07, 6.45) is 4.62. The number of hydrogen-bond acceptors (Lipinski definition) is 4. The summed E-state index contributed by atoms with van der Waals surface area (Å²) >= 11 is 0. The van der Waals surface area contributed by atoms with E-state index in [1.807, 2.05) is 25.1 Å². The van der Waals surface area contributed by atoms with Crippen LogP contribution in [0, 0.1) is 0 Å². The number of rotatable bonds is 6. The van der Waals surface area contributed by atoms with Gasteiger partial charge in [-0.2, -0.15) is 0 Å². The van der Waals surface area contributed by atoms with Crippen LogP contribution in [0.4, 0.5) is 11.4 Å². The minimum atomic E-state index is -0.184. The van der Waals surface area contributed by atoms with Crippen molar-refractivity contribution in [3.8, 4) is 0 Å². The molecule has 3 N–H and O–H groups in total. The molecule has 136 valence electrons. The van der Waals surface area contributed by atoms with Crippen molar-refractivity contribution in [1.29, 1.82) is 0 Å². The summed E-state index contributed by atoms with van der Waals surface area (Å²) in [6.45, 7) is 4.92. The lowest BCUT2D eigenvalue weighted by Crippen LogP contribution is -2.45. The van der Waals surface area contributed by atoms with Gasteiger partial charge in [0.2, 0.25) is 11.8 Å². The smallest absolute Gasteiger partial charge is 0.237 e. The lowest BCUT2D eigenvalue weighted by molar-refractivity contribution is -0.123. The maximum absolute atomic E-state index is 12.3. The Balaban J connectivity index is 1.48. The molecule has 2 fully saturated rings. The van der Waals surface area contributed by atoms with Crippen molar-refractivity contribution in [3.63, 3.8) is 0 Å². The SMILES string of the molecule is CC(CC(=O)Nc1cccc(N2CCCC2)c1)NC(=O)C1CCCN1. The van der Waals surface area contributed by atoms with Gasteiger partial charge in [-0.3, -0.25) is 9.59 Å². The molecule has 0 spiro atoms. The Kier molecular flexibility index (Phi) is 5.91. The van der Waals surface area contributed by atoms with E-state index in [4.69, 9.17) is 0 Å². The summed E-state index contributed by atoms with van der Waals surface area (Å²) in [7, 11) is 0. The molecule has 2 aliphatic heterocycles. The molecule has 2 aliphatic rings. The van der Waals surface area contributed by atoms with Crippen molar-refractivity contribution in [2.75, 3.05) is 29.9 Å². The second kappa shape index (κ2) is 8.34. The van der Waals surface area contributed by atoms with Crippen molar-refractivity contribution < 1.29 is 9.59 Å². The number of anilines is 2. The fourth-order valence-corrected chi connectivity index (χ4v) is 3.55. The predicted molar refractivity (Wildman–Crippen MR) is 99.8 cm³/mol. The number of hydrogen-bond donors (Lipinski definition) is 3. The number of carbonyl (C=O) groups excluding carboxylic acids is 2. The molecular weight excluding hydrogens is 316 g/mol. The van der Waals surface area contributed by atoms with Crippen LogP contribution in [-0.2, 0) is 9.59 Å². The van der Waals surface area contributed by atoms with Crippen LogP contribution in [-0.4, -0.2) is 43.5 Å². The first kappa shape index (κ1) is 17.7. The molecular formula is C19H28N4O2. The second-order valence-electron chi connectivity index (χ2n) is 7.06. The van der Waals surface area contributed by atoms with Crippen molar-refractivity contribution >= 4 is 23.2 Å². The molecule has 1 aromatic carbocycles. The summed E-state index contributed by atoms with van der Waals surface area (Å²) in [6, 6.07) is 7.69. The summed E-state index contributed by atoms with van der Waals surface area (Å²) in [5.74, 6) is -0.0837. The average molecular weight is 344 g/mol. The number of benzene rings is 1. The van der Waals surface area contributed by atoms with Gasteiger partial charge in [-0.25, -0.2) is 0 Å². The minimum absolute atomic E-state index is 0.00571. The van der Waals surface area contributed by atoms with E-state index in [1.165, 1.54) is 12.8 Å². The van der Waals surface area contributed by atoms with E-state index in [1.54, 1.807) is 0 Å². The Morgan fingerprint density at radius 1 is 1.28 bits per heavy atom. The fourth-order valence-electron chi connectivity index (χ4n) is 3.55. The Morgan fingerprint density at radius 2 is 2.08 bits per heavy atom. The standard InChI is InChI=1S/C19H28N4O2/c1-14(21-19(25)17-8-5-9-20-17)12-18(24)22-15-6-4-7-16(13-15)23-10-2-3-11-23/h4,6-7,13-14,17,20H,2-3,5,8-12H2,1H3,(H,21,25)(H,22,24). The van der Waals surface area contributed by atoms with Gasteiger partial charge in [0.1, 0.15) is 0 Å². The summed E-state index contributed by atoms with van der Waals surface area (Å²) in [5, 5.41) is 9.04.